The molecule has 7 nitrogen and oxygen atoms in total. The second kappa shape index (κ2) is 6.92. The van der Waals surface area contributed by atoms with Crippen molar-refractivity contribution < 1.29 is 9.90 Å². The molecule has 7 heteroatoms. The Labute approximate surface area is 152 Å². The minimum absolute atomic E-state index is 0.0564. The van der Waals surface area contributed by atoms with Gasteiger partial charge >= 0.3 is 0 Å². The van der Waals surface area contributed by atoms with Gasteiger partial charge in [0, 0.05) is 5.69 Å². The van der Waals surface area contributed by atoms with Gasteiger partial charge in [0.05, 0.1) is 24.4 Å². The molecule has 1 aromatic carbocycles. The first kappa shape index (κ1) is 16.8. The number of anilines is 3. The molecular weight excluding hydrogens is 330 g/mol. The smallest absolute Gasteiger partial charge is 0.257 e. The van der Waals surface area contributed by atoms with Crippen molar-refractivity contribution in [1.29, 1.82) is 0 Å². The Morgan fingerprint density at radius 3 is 2.69 bits per heavy atom. The molecule has 2 atom stereocenters. The van der Waals surface area contributed by atoms with Crippen LogP contribution in [0.5, 0.6) is 0 Å². The van der Waals surface area contributed by atoms with Gasteiger partial charge in [0.1, 0.15) is 11.4 Å². The van der Waals surface area contributed by atoms with Crippen LogP contribution >= 0.6 is 0 Å². The fraction of sp³-hybridized carbons (Fsp3) is 0.421. The molecule has 1 fully saturated rings. The van der Waals surface area contributed by atoms with E-state index in [4.69, 9.17) is 0 Å². The molecule has 2 heterocycles. The minimum atomic E-state index is -0.395. The molecule has 2 aromatic rings. The summed E-state index contributed by atoms with van der Waals surface area (Å²) in [4.78, 5) is 21.2. The highest BCUT2D eigenvalue weighted by molar-refractivity contribution is 6.02. The third-order valence-electron chi connectivity index (χ3n) is 4.99. The maximum atomic E-state index is 12.2. The van der Waals surface area contributed by atoms with Gasteiger partial charge in [-0.1, -0.05) is 30.5 Å². The molecule has 4 rings (SSSR count). The number of hydrogen-bond donors (Lipinski definition) is 4. The average Bonchev–Trinajstić information content (AvgIpc) is 3.00. The number of aliphatic hydroxyl groups is 1. The first-order valence-electron chi connectivity index (χ1n) is 9.07. The summed E-state index contributed by atoms with van der Waals surface area (Å²) in [6.07, 6.45) is 3.40. The maximum absolute atomic E-state index is 12.2. The van der Waals surface area contributed by atoms with E-state index in [1.165, 1.54) is 0 Å². The largest absolute Gasteiger partial charge is 0.391 e. The topological polar surface area (TPSA) is 99.2 Å². The molecule has 0 spiro atoms. The van der Waals surface area contributed by atoms with Crippen LogP contribution in [0, 0.1) is 6.92 Å². The number of fused-ring (bicyclic) bond motifs is 1. The molecule has 1 amide bonds. The molecule has 2 unspecified atom stereocenters. The number of hydrogen-bond acceptors (Lipinski definition) is 6. The molecule has 1 aromatic heterocycles. The molecule has 1 aliphatic heterocycles. The highest BCUT2D eigenvalue weighted by atomic mass is 16.3. The molecule has 1 saturated carbocycles. The quantitative estimate of drug-likeness (QED) is 0.674. The number of nitrogens with one attached hydrogen (secondary N) is 3. The number of amides is 1. The van der Waals surface area contributed by atoms with E-state index in [0.29, 0.717) is 29.6 Å². The molecule has 0 bridgehead atoms. The third kappa shape index (κ3) is 3.35. The number of carbonyl (C=O) groups is 1. The minimum Gasteiger partial charge on any atom is -0.391 e. The van der Waals surface area contributed by atoms with Gasteiger partial charge in [-0.2, -0.15) is 4.98 Å². The Kier molecular flexibility index (Phi) is 4.46. The van der Waals surface area contributed by atoms with E-state index in [1.807, 2.05) is 31.2 Å². The third-order valence-corrected chi connectivity index (χ3v) is 4.99. The van der Waals surface area contributed by atoms with Crippen LogP contribution in [0.25, 0.3) is 0 Å². The highest BCUT2D eigenvalue weighted by Gasteiger charge is 2.28. The van der Waals surface area contributed by atoms with Crippen molar-refractivity contribution in [2.45, 2.75) is 51.3 Å². The van der Waals surface area contributed by atoms with Crippen molar-refractivity contribution in [3.63, 3.8) is 0 Å². The van der Waals surface area contributed by atoms with Crippen LogP contribution in [0.4, 0.5) is 17.5 Å². The maximum Gasteiger partial charge on any atom is 0.257 e. The lowest BCUT2D eigenvalue weighted by atomic mass is 9.93. The van der Waals surface area contributed by atoms with E-state index in [2.05, 4.69) is 25.9 Å². The van der Waals surface area contributed by atoms with Crippen molar-refractivity contribution in [1.82, 2.24) is 15.3 Å². The van der Waals surface area contributed by atoms with E-state index in [0.717, 1.165) is 36.9 Å². The van der Waals surface area contributed by atoms with E-state index in [1.54, 1.807) is 0 Å². The van der Waals surface area contributed by atoms with Crippen LogP contribution in [0.15, 0.2) is 24.3 Å². The number of aromatic nitrogens is 2. The Hall–Kier alpha value is -2.67. The first-order chi connectivity index (χ1) is 12.6. The zero-order valence-corrected chi connectivity index (χ0v) is 14.7. The summed E-state index contributed by atoms with van der Waals surface area (Å²) >= 11 is 0. The Morgan fingerprint density at radius 2 is 1.92 bits per heavy atom. The van der Waals surface area contributed by atoms with Crippen LogP contribution < -0.4 is 16.0 Å². The fourth-order valence-corrected chi connectivity index (χ4v) is 3.50. The zero-order chi connectivity index (χ0) is 18.1. The highest BCUT2D eigenvalue weighted by Crippen LogP contribution is 2.28. The molecule has 4 N–H and O–H groups in total. The summed E-state index contributed by atoms with van der Waals surface area (Å²) in [6.45, 7) is 2.41. The Balaban J connectivity index is 1.64. The monoisotopic (exact) mass is 353 g/mol. The summed E-state index contributed by atoms with van der Waals surface area (Å²) < 4.78 is 0. The van der Waals surface area contributed by atoms with Crippen LogP contribution in [0.2, 0.25) is 0 Å². The fourth-order valence-electron chi connectivity index (χ4n) is 3.50. The van der Waals surface area contributed by atoms with Gasteiger partial charge in [0.15, 0.2) is 0 Å². The summed E-state index contributed by atoms with van der Waals surface area (Å²) in [5.74, 6) is 0.765. The van der Waals surface area contributed by atoms with Crippen LogP contribution in [-0.2, 0) is 6.54 Å². The van der Waals surface area contributed by atoms with E-state index >= 15 is 0 Å². The number of carbonyl (C=O) groups excluding carboxylic acids is 1. The van der Waals surface area contributed by atoms with Crippen molar-refractivity contribution in [3.8, 4) is 0 Å². The SMILES string of the molecule is Cc1ccc(Nc2nc(NC3CCCCC3O)nc3c2C(=O)NC3)cc1. The summed E-state index contributed by atoms with van der Waals surface area (Å²) in [5, 5.41) is 19.5. The normalized spacial score (nSPS) is 21.8. The lowest BCUT2D eigenvalue weighted by molar-refractivity contribution is 0.0966. The molecule has 26 heavy (non-hydrogen) atoms. The second-order valence-corrected chi connectivity index (χ2v) is 6.99. The molecule has 2 aliphatic rings. The van der Waals surface area contributed by atoms with E-state index in [-0.39, 0.29) is 11.9 Å². The second-order valence-electron chi connectivity index (χ2n) is 6.99. The zero-order valence-electron chi connectivity index (χ0n) is 14.7. The molecule has 136 valence electrons. The van der Waals surface area contributed by atoms with Crippen molar-refractivity contribution >= 4 is 23.4 Å². The van der Waals surface area contributed by atoms with Crippen LogP contribution in [0.1, 0.15) is 47.3 Å². The van der Waals surface area contributed by atoms with E-state index < -0.39 is 6.10 Å². The predicted octanol–water partition coefficient (Wildman–Crippen LogP) is 2.49. The molecular formula is C19H23N5O2. The van der Waals surface area contributed by atoms with Gasteiger partial charge < -0.3 is 21.1 Å². The standard InChI is InChI=1S/C19H23N5O2/c1-11-6-8-12(9-7-11)21-17-16-14(10-20-18(16)26)23-19(24-17)22-13-4-2-3-5-15(13)25/h6-9,13,15,25H,2-5,10H2,1H3,(H,20,26)(H2,21,22,23,24). The number of rotatable bonds is 4. The number of benzene rings is 1. The van der Waals surface area contributed by atoms with Gasteiger partial charge in [0.2, 0.25) is 5.95 Å². The predicted molar refractivity (Wildman–Crippen MR) is 99.5 cm³/mol. The van der Waals surface area contributed by atoms with Crippen molar-refractivity contribution in [2.24, 2.45) is 0 Å². The van der Waals surface area contributed by atoms with Gasteiger partial charge in [-0.3, -0.25) is 4.79 Å². The molecule has 1 aliphatic carbocycles. The summed E-state index contributed by atoms with van der Waals surface area (Å²) in [5.41, 5.74) is 3.18. The van der Waals surface area contributed by atoms with Crippen molar-refractivity contribution in [3.05, 3.63) is 41.1 Å². The molecule has 0 radical (unpaired) electrons. The number of aliphatic hydroxyl groups excluding tert-OH is 1. The average molecular weight is 353 g/mol. The number of aryl methyl sites for hydroxylation is 1. The molecule has 0 saturated heterocycles. The lowest BCUT2D eigenvalue weighted by Gasteiger charge is -2.28. The lowest BCUT2D eigenvalue weighted by Crippen LogP contribution is -2.37. The first-order valence-corrected chi connectivity index (χ1v) is 9.07. The van der Waals surface area contributed by atoms with Gasteiger partial charge in [0.25, 0.3) is 5.91 Å². The number of nitrogens with zero attached hydrogens (tertiary/aromatic N) is 2. The van der Waals surface area contributed by atoms with Gasteiger partial charge in [-0.05, 0) is 31.9 Å². The van der Waals surface area contributed by atoms with Crippen molar-refractivity contribution in [2.75, 3.05) is 10.6 Å². The van der Waals surface area contributed by atoms with Crippen LogP contribution in [0.3, 0.4) is 0 Å². The summed E-state index contributed by atoms with van der Waals surface area (Å²) in [7, 11) is 0. The Morgan fingerprint density at radius 1 is 1.15 bits per heavy atom. The summed E-state index contributed by atoms with van der Waals surface area (Å²) in [6, 6.07) is 7.85. The Bertz CT molecular complexity index is 821. The van der Waals surface area contributed by atoms with Gasteiger partial charge in [-0.25, -0.2) is 4.98 Å². The van der Waals surface area contributed by atoms with Crippen LogP contribution in [-0.4, -0.2) is 33.1 Å². The van der Waals surface area contributed by atoms with E-state index in [9.17, 15) is 9.90 Å². The van der Waals surface area contributed by atoms with Gasteiger partial charge in [-0.15, -0.1) is 0 Å².